The number of carbonyl (C=O) groups is 2. The molecule has 1 atom stereocenters. The Kier molecular flexibility index (Phi) is 3.15. The Morgan fingerprint density at radius 3 is 2.95 bits per heavy atom. The fraction of sp³-hybridized carbons (Fsp3) is 0.286. The van der Waals surface area contributed by atoms with E-state index in [9.17, 15) is 14.7 Å². The van der Waals surface area contributed by atoms with Gasteiger partial charge in [-0.3, -0.25) is 4.79 Å². The van der Waals surface area contributed by atoms with Crippen molar-refractivity contribution in [1.82, 2.24) is 9.88 Å². The molecule has 6 nitrogen and oxygen atoms in total. The van der Waals surface area contributed by atoms with Gasteiger partial charge >= 0.3 is 5.97 Å². The second kappa shape index (κ2) is 4.97. The molecule has 3 rings (SSSR count). The third kappa shape index (κ3) is 2.04. The lowest BCUT2D eigenvalue weighted by atomic mass is 10.1. The van der Waals surface area contributed by atoms with Crippen molar-refractivity contribution in [2.75, 3.05) is 19.8 Å². The molecule has 1 amide bonds. The van der Waals surface area contributed by atoms with E-state index in [1.165, 1.54) is 4.90 Å². The normalized spacial score (nSPS) is 19.2. The Balaban J connectivity index is 1.96. The number of nitrogens with one attached hydrogen (secondary N) is 1. The van der Waals surface area contributed by atoms with Gasteiger partial charge in [-0.05, 0) is 6.07 Å². The molecule has 6 heteroatoms. The van der Waals surface area contributed by atoms with Gasteiger partial charge in [0.15, 0.2) is 6.04 Å². The molecule has 1 fully saturated rings. The van der Waals surface area contributed by atoms with Crippen LogP contribution in [-0.4, -0.2) is 52.7 Å². The summed E-state index contributed by atoms with van der Waals surface area (Å²) in [5.74, 6) is -1.32. The quantitative estimate of drug-likeness (QED) is 0.859. The van der Waals surface area contributed by atoms with E-state index < -0.39 is 12.0 Å². The Morgan fingerprint density at radius 1 is 1.35 bits per heavy atom. The molecular weight excluding hydrogens is 260 g/mol. The first-order valence-electron chi connectivity index (χ1n) is 6.36. The molecule has 1 aliphatic heterocycles. The van der Waals surface area contributed by atoms with Crippen LogP contribution in [0.5, 0.6) is 0 Å². The number of morpholine rings is 1. The molecule has 0 radical (unpaired) electrons. The summed E-state index contributed by atoms with van der Waals surface area (Å²) in [5, 5.41) is 9.99. The molecule has 0 aliphatic carbocycles. The molecule has 104 valence electrons. The highest BCUT2D eigenvalue weighted by Crippen LogP contribution is 2.21. The van der Waals surface area contributed by atoms with Crippen LogP contribution in [0.25, 0.3) is 10.9 Å². The maximum absolute atomic E-state index is 12.6. The van der Waals surface area contributed by atoms with Crippen molar-refractivity contribution in [1.29, 1.82) is 0 Å². The highest BCUT2D eigenvalue weighted by molar-refractivity contribution is 6.07. The van der Waals surface area contributed by atoms with Gasteiger partial charge in [0.2, 0.25) is 0 Å². The Hall–Kier alpha value is -2.34. The number of para-hydroxylation sites is 1. The molecule has 0 bridgehead atoms. The fourth-order valence-electron chi connectivity index (χ4n) is 2.45. The lowest BCUT2D eigenvalue weighted by molar-refractivity contribution is -0.147. The highest BCUT2D eigenvalue weighted by atomic mass is 16.5. The van der Waals surface area contributed by atoms with Crippen LogP contribution >= 0.6 is 0 Å². The number of ether oxygens (including phenoxy) is 1. The second-order valence-corrected chi connectivity index (χ2v) is 4.68. The van der Waals surface area contributed by atoms with E-state index in [1.54, 1.807) is 6.20 Å². The molecule has 0 spiro atoms. The number of carbonyl (C=O) groups excluding carboxylic acids is 1. The first-order valence-corrected chi connectivity index (χ1v) is 6.36. The number of aromatic nitrogens is 1. The van der Waals surface area contributed by atoms with Gasteiger partial charge in [-0.25, -0.2) is 4.79 Å². The lowest BCUT2D eigenvalue weighted by Gasteiger charge is -2.32. The molecule has 2 heterocycles. The van der Waals surface area contributed by atoms with Gasteiger partial charge in [-0.2, -0.15) is 0 Å². The first-order chi connectivity index (χ1) is 9.68. The van der Waals surface area contributed by atoms with E-state index in [2.05, 4.69) is 4.98 Å². The SMILES string of the molecule is O=C(O)C1COCCN1C(=O)c1c[nH]c2ccccc12. The molecule has 1 unspecified atom stereocenters. The minimum Gasteiger partial charge on any atom is -0.480 e. The average Bonchev–Trinajstić information content (AvgIpc) is 2.90. The summed E-state index contributed by atoms with van der Waals surface area (Å²) >= 11 is 0. The summed E-state index contributed by atoms with van der Waals surface area (Å²) in [5.41, 5.74) is 1.35. The van der Waals surface area contributed by atoms with Crippen LogP contribution in [0.4, 0.5) is 0 Å². The Bertz CT molecular complexity index is 664. The van der Waals surface area contributed by atoms with Gasteiger partial charge < -0.3 is 19.7 Å². The zero-order chi connectivity index (χ0) is 14.1. The van der Waals surface area contributed by atoms with Gasteiger partial charge in [-0.1, -0.05) is 18.2 Å². The van der Waals surface area contributed by atoms with Crippen molar-refractivity contribution in [2.45, 2.75) is 6.04 Å². The van der Waals surface area contributed by atoms with Crippen molar-refractivity contribution in [3.05, 3.63) is 36.0 Å². The van der Waals surface area contributed by atoms with Crippen LogP contribution in [0.1, 0.15) is 10.4 Å². The van der Waals surface area contributed by atoms with Gasteiger partial charge in [0.05, 0.1) is 18.8 Å². The van der Waals surface area contributed by atoms with Crippen molar-refractivity contribution < 1.29 is 19.4 Å². The predicted molar refractivity (Wildman–Crippen MR) is 71.6 cm³/mol. The van der Waals surface area contributed by atoms with Gasteiger partial charge in [0.25, 0.3) is 5.91 Å². The predicted octanol–water partition coefficient (Wildman–Crippen LogP) is 1.09. The van der Waals surface area contributed by atoms with Crippen LogP contribution in [0.3, 0.4) is 0 Å². The summed E-state index contributed by atoms with van der Waals surface area (Å²) in [6.07, 6.45) is 1.63. The van der Waals surface area contributed by atoms with Crippen LogP contribution in [0.2, 0.25) is 0 Å². The third-order valence-electron chi connectivity index (χ3n) is 3.49. The van der Waals surface area contributed by atoms with Crippen molar-refractivity contribution in [3.8, 4) is 0 Å². The van der Waals surface area contributed by atoms with Crippen molar-refractivity contribution in [2.24, 2.45) is 0 Å². The van der Waals surface area contributed by atoms with Gasteiger partial charge in [0, 0.05) is 23.6 Å². The fourth-order valence-corrected chi connectivity index (χ4v) is 2.45. The first kappa shape index (κ1) is 12.7. The Morgan fingerprint density at radius 2 is 2.15 bits per heavy atom. The summed E-state index contributed by atoms with van der Waals surface area (Å²) < 4.78 is 5.15. The average molecular weight is 274 g/mol. The molecule has 0 saturated carbocycles. The van der Waals surface area contributed by atoms with E-state index in [-0.39, 0.29) is 19.1 Å². The number of aliphatic carboxylic acids is 1. The van der Waals surface area contributed by atoms with Crippen LogP contribution < -0.4 is 0 Å². The number of benzene rings is 1. The molecule has 1 aliphatic rings. The number of aromatic amines is 1. The number of carboxylic acids is 1. The number of H-pyrrole nitrogens is 1. The highest BCUT2D eigenvalue weighted by Gasteiger charge is 2.34. The van der Waals surface area contributed by atoms with E-state index >= 15 is 0 Å². The van der Waals surface area contributed by atoms with Crippen LogP contribution in [-0.2, 0) is 9.53 Å². The van der Waals surface area contributed by atoms with Gasteiger partial charge in [-0.15, -0.1) is 0 Å². The largest absolute Gasteiger partial charge is 0.480 e. The molecule has 1 saturated heterocycles. The number of rotatable bonds is 2. The summed E-state index contributed by atoms with van der Waals surface area (Å²) in [6.45, 7) is 0.677. The minimum atomic E-state index is -1.04. The van der Waals surface area contributed by atoms with Crippen LogP contribution in [0, 0.1) is 0 Å². The number of fused-ring (bicyclic) bond motifs is 1. The maximum atomic E-state index is 12.6. The summed E-state index contributed by atoms with van der Waals surface area (Å²) in [4.78, 5) is 28.2. The van der Waals surface area contributed by atoms with E-state index in [0.29, 0.717) is 12.2 Å². The smallest absolute Gasteiger partial charge is 0.328 e. The second-order valence-electron chi connectivity index (χ2n) is 4.68. The number of hydrogen-bond acceptors (Lipinski definition) is 3. The van der Waals surface area contributed by atoms with Crippen molar-refractivity contribution >= 4 is 22.8 Å². The Labute approximate surface area is 114 Å². The number of hydrogen-bond donors (Lipinski definition) is 2. The van der Waals surface area contributed by atoms with Crippen LogP contribution in [0.15, 0.2) is 30.5 Å². The summed E-state index contributed by atoms with van der Waals surface area (Å²) in [7, 11) is 0. The lowest BCUT2D eigenvalue weighted by Crippen LogP contribution is -2.52. The van der Waals surface area contributed by atoms with E-state index in [4.69, 9.17) is 4.74 Å². The molecule has 2 aromatic rings. The minimum absolute atomic E-state index is 0.0312. The number of nitrogens with zero attached hydrogens (tertiary/aromatic N) is 1. The van der Waals surface area contributed by atoms with E-state index in [1.807, 2.05) is 24.3 Å². The monoisotopic (exact) mass is 274 g/mol. The molecule has 20 heavy (non-hydrogen) atoms. The zero-order valence-electron chi connectivity index (χ0n) is 10.7. The molecule has 2 N–H and O–H groups in total. The molecule has 1 aromatic heterocycles. The number of carboxylic acid groups (broad SMARTS) is 1. The molecule has 1 aromatic carbocycles. The number of amides is 1. The zero-order valence-corrected chi connectivity index (χ0v) is 10.7. The van der Waals surface area contributed by atoms with Gasteiger partial charge in [0.1, 0.15) is 0 Å². The summed E-state index contributed by atoms with van der Waals surface area (Å²) in [6, 6.07) is 6.52. The van der Waals surface area contributed by atoms with Crippen molar-refractivity contribution in [3.63, 3.8) is 0 Å². The third-order valence-corrected chi connectivity index (χ3v) is 3.49. The molecular formula is C14H14N2O4. The maximum Gasteiger partial charge on any atom is 0.328 e. The van der Waals surface area contributed by atoms with E-state index in [0.717, 1.165) is 10.9 Å². The topological polar surface area (TPSA) is 82.6 Å². The standard InChI is InChI=1S/C14H14N2O4/c17-13(16-5-6-20-8-12(16)14(18)19)10-7-15-11-4-2-1-3-9(10)11/h1-4,7,12,15H,5-6,8H2,(H,18,19).